The third-order valence-corrected chi connectivity index (χ3v) is 4.65. The number of ether oxygens (including phenoxy) is 1. The van der Waals surface area contributed by atoms with Gasteiger partial charge in [-0.25, -0.2) is 0 Å². The van der Waals surface area contributed by atoms with Gasteiger partial charge < -0.3 is 4.74 Å². The second-order valence-corrected chi connectivity index (χ2v) is 7.23. The van der Waals surface area contributed by atoms with E-state index in [-0.39, 0.29) is 18.6 Å². The summed E-state index contributed by atoms with van der Waals surface area (Å²) in [5.41, 5.74) is 4.63. The van der Waals surface area contributed by atoms with Gasteiger partial charge in [-0.3, -0.25) is 30.0 Å². The molecule has 0 saturated heterocycles. The lowest BCUT2D eigenvalue weighted by molar-refractivity contribution is -0.148. The van der Waals surface area contributed by atoms with Gasteiger partial charge in [0.25, 0.3) is 11.8 Å². The lowest BCUT2D eigenvalue weighted by atomic mass is 10.2. The van der Waals surface area contributed by atoms with Crippen LogP contribution in [0.1, 0.15) is 37.7 Å². The van der Waals surface area contributed by atoms with Crippen LogP contribution in [0.4, 0.5) is 0 Å². The SMILES string of the molecule is Cc1ccc(C(=O)CCC(=O)OCC(=O)NNC(=O)c2ccc(Cl)cc2)s1. The number of benzene rings is 1. The van der Waals surface area contributed by atoms with Gasteiger partial charge in [-0.05, 0) is 43.3 Å². The lowest BCUT2D eigenvalue weighted by Crippen LogP contribution is -2.43. The molecule has 0 unspecified atom stereocenters. The first-order chi connectivity index (χ1) is 12.8. The van der Waals surface area contributed by atoms with Gasteiger partial charge in [0.15, 0.2) is 12.4 Å². The van der Waals surface area contributed by atoms with Gasteiger partial charge in [0.2, 0.25) is 0 Å². The predicted molar refractivity (Wildman–Crippen MR) is 101 cm³/mol. The fourth-order valence-electron chi connectivity index (χ4n) is 1.98. The van der Waals surface area contributed by atoms with E-state index in [1.807, 2.05) is 13.0 Å². The van der Waals surface area contributed by atoms with Crippen molar-refractivity contribution < 1.29 is 23.9 Å². The lowest BCUT2D eigenvalue weighted by Gasteiger charge is -2.08. The molecule has 2 N–H and O–H groups in total. The quantitative estimate of drug-likeness (QED) is 0.416. The Balaban J connectivity index is 1.65. The van der Waals surface area contributed by atoms with Crippen molar-refractivity contribution in [1.82, 2.24) is 10.9 Å². The first-order valence-electron chi connectivity index (χ1n) is 7.95. The van der Waals surface area contributed by atoms with E-state index < -0.39 is 24.4 Å². The number of carbonyl (C=O) groups excluding carboxylic acids is 4. The van der Waals surface area contributed by atoms with Crippen molar-refractivity contribution in [3.05, 3.63) is 56.7 Å². The zero-order chi connectivity index (χ0) is 19.8. The summed E-state index contributed by atoms with van der Waals surface area (Å²) in [6, 6.07) is 9.62. The van der Waals surface area contributed by atoms with E-state index in [2.05, 4.69) is 10.9 Å². The molecule has 0 bridgehead atoms. The summed E-state index contributed by atoms with van der Waals surface area (Å²) in [5, 5.41) is 0.482. The van der Waals surface area contributed by atoms with Crippen molar-refractivity contribution in [3.63, 3.8) is 0 Å². The van der Waals surface area contributed by atoms with Gasteiger partial charge in [0.05, 0.1) is 11.3 Å². The number of hydrazine groups is 1. The second-order valence-electron chi connectivity index (χ2n) is 5.50. The molecule has 1 heterocycles. The normalized spacial score (nSPS) is 10.1. The predicted octanol–water partition coefficient (Wildman–Crippen LogP) is 2.68. The number of halogens is 1. The summed E-state index contributed by atoms with van der Waals surface area (Å²) < 4.78 is 4.78. The fraction of sp³-hybridized carbons (Fsp3) is 0.222. The molecular weight excluding hydrogens is 392 g/mol. The average molecular weight is 409 g/mol. The van der Waals surface area contributed by atoms with Crippen molar-refractivity contribution >= 4 is 46.5 Å². The minimum Gasteiger partial charge on any atom is -0.455 e. The third-order valence-electron chi connectivity index (χ3n) is 3.36. The Morgan fingerprint density at radius 1 is 1.00 bits per heavy atom. The highest BCUT2D eigenvalue weighted by molar-refractivity contribution is 7.14. The van der Waals surface area contributed by atoms with Crippen molar-refractivity contribution in [1.29, 1.82) is 0 Å². The number of amides is 2. The zero-order valence-corrected chi connectivity index (χ0v) is 16.0. The summed E-state index contributed by atoms with van der Waals surface area (Å²) in [7, 11) is 0. The molecule has 0 atom stereocenters. The van der Waals surface area contributed by atoms with E-state index in [4.69, 9.17) is 16.3 Å². The summed E-state index contributed by atoms with van der Waals surface area (Å²) in [6.45, 7) is 1.33. The Hall–Kier alpha value is -2.71. The van der Waals surface area contributed by atoms with Gasteiger partial charge in [0.1, 0.15) is 0 Å². The summed E-state index contributed by atoms with van der Waals surface area (Å²) in [6.07, 6.45) is -0.117. The maximum absolute atomic E-state index is 11.9. The Labute approximate surface area is 164 Å². The molecule has 2 amide bonds. The molecule has 2 aromatic rings. The molecule has 0 radical (unpaired) electrons. The Morgan fingerprint density at radius 3 is 2.33 bits per heavy atom. The number of Topliss-reactive ketones (excluding diaryl/α,β-unsaturated/α-hetero) is 1. The van der Waals surface area contributed by atoms with E-state index in [0.717, 1.165) is 4.88 Å². The van der Waals surface area contributed by atoms with Gasteiger partial charge in [0, 0.05) is 21.9 Å². The third kappa shape index (κ3) is 6.84. The van der Waals surface area contributed by atoms with Crippen LogP contribution in [0, 0.1) is 6.92 Å². The van der Waals surface area contributed by atoms with Gasteiger partial charge >= 0.3 is 5.97 Å². The minimum absolute atomic E-state index is 0.00765. The van der Waals surface area contributed by atoms with Crippen molar-refractivity contribution in [2.75, 3.05) is 6.61 Å². The minimum atomic E-state index is -0.703. The van der Waals surface area contributed by atoms with E-state index in [9.17, 15) is 19.2 Å². The molecule has 142 valence electrons. The van der Waals surface area contributed by atoms with Crippen LogP contribution in [0.15, 0.2) is 36.4 Å². The number of hydrogen-bond donors (Lipinski definition) is 2. The smallest absolute Gasteiger partial charge is 0.306 e. The molecule has 0 fully saturated rings. The molecule has 7 nitrogen and oxygen atoms in total. The van der Waals surface area contributed by atoms with Crippen LogP contribution >= 0.6 is 22.9 Å². The zero-order valence-electron chi connectivity index (χ0n) is 14.4. The Morgan fingerprint density at radius 2 is 1.70 bits per heavy atom. The molecular formula is C18H17ClN2O5S. The molecule has 2 rings (SSSR count). The highest BCUT2D eigenvalue weighted by atomic mass is 35.5. The van der Waals surface area contributed by atoms with Crippen molar-refractivity contribution in [2.45, 2.75) is 19.8 Å². The largest absolute Gasteiger partial charge is 0.455 e. The number of nitrogens with one attached hydrogen (secondary N) is 2. The molecule has 0 aliphatic rings. The van der Waals surface area contributed by atoms with E-state index in [0.29, 0.717) is 15.5 Å². The van der Waals surface area contributed by atoms with Crippen LogP contribution in [0.25, 0.3) is 0 Å². The highest BCUT2D eigenvalue weighted by Crippen LogP contribution is 2.17. The van der Waals surface area contributed by atoms with E-state index in [1.165, 1.54) is 23.5 Å². The van der Waals surface area contributed by atoms with Crippen LogP contribution in [0.5, 0.6) is 0 Å². The topological polar surface area (TPSA) is 102 Å². The van der Waals surface area contributed by atoms with Crippen molar-refractivity contribution in [2.24, 2.45) is 0 Å². The second kappa shape index (κ2) is 9.84. The van der Waals surface area contributed by atoms with Crippen LogP contribution < -0.4 is 10.9 Å². The van der Waals surface area contributed by atoms with Crippen LogP contribution in [-0.2, 0) is 14.3 Å². The standard InChI is InChI=1S/C18H17ClN2O5S/c1-11-2-8-15(27-11)14(22)7-9-17(24)26-10-16(23)20-21-18(25)12-3-5-13(19)6-4-12/h2-6,8H,7,9-10H2,1H3,(H,20,23)(H,21,25). The average Bonchev–Trinajstić information content (AvgIpc) is 3.09. The molecule has 27 heavy (non-hydrogen) atoms. The van der Waals surface area contributed by atoms with Crippen LogP contribution in [-0.4, -0.2) is 30.2 Å². The molecule has 0 aliphatic heterocycles. The number of hydrogen-bond acceptors (Lipinski definition) is 6. The Kier molecular flexibility index (Phi) is 7.51. The first-order valence-corrected chi connectivity index (χ1v) is 9.14. The van der Waals surface area contributed by atoms with Crippen molar-refractivity contribution in [3.8, 4) is 0 Å². The number of rotatable bonds is 7. The molecule has 1 aromatic carbocycles. The molecule has 0 aliphatic carbocycles. The van der Waals surface area contributed by atoms with E-state index >= 15 is 0 Å². The Bertz CT molecular complexity index is 848. The van der Waals surface area contributed by atoms with Gasteiger partial charge in [-0.2, -0.15) is 0 Å². The molecule has 9 heteroatoms. The number of carbonyl (C=O) groups is 4. The van der Waals surface area contributed by atoms with Gasteiger partial charge in [-0.1, -0.05) is 11.6 Å². The van der Waals surface area contributed by atoms with Gasteiger partial charge in [-0.15, -0.1) is 11.3 Å². The number of ketones is 1. The maximum Gasteiger partial charge on any atom is 0.306 e. The number of esters is 1. The highest BCUT2D eigenvalue weighted by Gasteiger charge is 2.13. The fourth-order valence-corrected chi connectivity index (χ4v) is 2.94. The molecule has 0 spiro atoms. The monoisotopic (exact) mass is 408 g/mol. The maximum atomic E-state index is 11.9. The molecule has 0 saturated carbocycles. The first kappa shape index (κ1) is 20.6. The number of aryl methyl sites for hydroxylation is 1. The van der Waals surface area contributed by atoms with E-state index in [1.54, 1.807) is 18.2 Å². The molecule has 1 aromatic heterocycles. The van der Waals surface area contributed by atoms with Crippen LogP contribution in [0.3, 0.4) is 0 Å². The van der Waals surface area contributed by atoms with Crippen LogP contribution in [0.2, 0.25) is 5.02 Å². The summed E-state index contributed by atoms with van der Waals surface area (Å²) in [5.74, 6) is -2.06. The summed E-state index contributed by atoms with van der Waals surface area (Å²) >= 11 is 7.09. The number of thiophene rings is 1. The summed E-state index contributed by atoms with van der Waals surface area (Å²) in [4.78, 5) is 48.5.